The molecule has 0 radical (unpaired) electrons. The first-order valence-corrected chi connectivity index (χ1v) is 10.7. The first-order valence-electron chi connectivity index (χ1n) is 9.79. The summed E-state index contributed by atoms with van der Waals surface area (Å²) in [5.74, 6) is 1.11. The van der Waals surface area contributed by atoms with Gasteiger partial charge in [-0.2, -0.15) is 0 Å². The monoisotopic (exact) mass is 350 g/mol. The Morgan fingerprint density at radius 3 is 2.42 bits per heavy atom. The molecule has 3 heterocycles. The number of hydrogen-bond acceptors (Lipinski definition) is 4. The number of thiophene rings is 1. The number of likely N-dealkylation sites (tertiary alicyclic amines) is 2. The highest BCUT2D eigenvalue weighted by molar-refractivity contribution is 7.10. The van der Waals surface area contributed by atoms with E-state index in [4.69, 9.17) is 0 Å². The molecule has 1 unspecified atom stereocenters. The van der Waals surface area contributed by atoms with Crippen LogP contribution in [0.4, 0.5) is 0 Å². The maximum atomic E-state index is 10.3. The SMILES string of the molecule is CC(C)CC(O)C1CCN(Cc2cc(CN3CCCC3)cs2)CC1. The van der Waals surface area contributed by atoms with Gasteiger partial charge in [-0.1, -0.05) is 13.8 Å². The molecule has 136 valence electrons. The predicted octanol–water partition coefficient (Wildman–Crippen LogP) is 3.96. The van der Waals surface area contributed by atoms with E-state index in [2.05, 4.69) is 35.1 Å². The van der Waals surface area contributed by atoms with E-state index in [9.17, 15) is 5.11 Å². The van der Waals surface area contributed by atoms with Gasteiger partial charge in [-0.05, 0) is 87.1 Å². The van der Waals surface area contributed by atoms with Crippen molar-refractivity contribution >= 4 is 11.3 Å². The van der Waals surface area contributed by atoms with Gasteiger partial charge in [0.2, 0.25) is 0 Å². The highest BCUT2D eigenvalue weighted by atomic mass is 32.1. The average Bonchev–Trinajstić information content (AvgIpc) is 3.20. The Hall–Kier alpha value is -0.420. The molecule has 0 amide bonds. The van der Waals surface area contributed by atoms with Crippen molar-refractivity contribution in [1.82, 2.24) is 9.80 Å². The van der Waals surface area contributed by atoms with Crippen molar-refractivity contribution in [3.63, 3.8) is 0 Å². The summed E-state index contributed by atoms with van der Waals surface area (Å²) in [7, 11) is 0. The lowest BCUT2D eigenvalue weighted by Crippen LogP contribution is -2.37. The number of nitrogens with zero attached hydrogens (tertiary/aromatic N) is 2. The quantitative estimate of drug-likeness (QED) is 0.806. The maximum Gasteiger partial charge on any atom is 0.0571 e. The average molecular weight is 351 g/mol. The van der Waals surface area contributed by atoms with Crippen molar-refractivity contribution in [2.24, 2.45) is 11.8 Å². The van der Waals surface area contributed by atoms with Crippen molar-refractivity contribution in [2.45, 2.75) is 65.1 Å². The summed E-state index contributed by atoms with van der Waals surface area (Å²) in [6.07, 6.45) is 5.90. The molecule has 4 heteroatoms. The van der Waals surface area contributed by atoms with Gasteiger partial charge in [0.15, 0.2) is 0 Å². The smallest absolute Gasteiger partial charge is 0.0571 e. The molecule has 3 rings (SSSR count). The van der Waals surface area contributed by atoms with Crippen LogP contribution >= 0.6 is 11.3 Å². The molecule has 1 atom stereocenters. The summed E-state index contributed by atoms with van der Waals surface area (Å²) in [5, 5.41) is 12.7. The van der Waals surface area contributed by atoms with E-state index >= 15 is 0 Å². The van der Waals surface area contributed by atoms with E-state index in [1.807, 2.05) is 11.3 Å². The molecular formula is C20H34N2OS. The summed E-state index contributed by atoms with van der Waals surface area (Å²) in [6.45, 7) is 11.5. The van der Waals surface area contributed by atoms with E-state index in [1.165, 1.54) is 36.4 Å². The van der Waals surface area contributed by atoms with Crippen LogP contribution in [0.25, 0.3) is 0 Å². The minimum Gasteiger partial charge on any atom is -0.393 e. The zero-order valence-corrected chi connectivity index (χ0v) is 16.2. The van der Waals surface area contributed by atoms with E-state index in [1.54, 1.807) is 0 Å². The number of aliphatic hydroxyl groups is 1. The number of aliphatic hydroxyl groups excluding tert-OH is 1. The molecule has 0 spiro atoms. The summed E-state index contributed by atoms with van der Waals surface area (Å²) < 4.78 is 0. The van der Waals surface area contributed by atoms with E-state index in [0.717, 1.165) is 45.4 Å². The molecule has 2 saturated heterocycles. The van der Waals surface area contributed by atoms with Crippen LogP contribution in [0.3, 0.4) is 0 Å². The van der Waals surface area contributed by atoms with Gasteiger partial charge >= 0.3 is 0 Å². The maximum absolute atomic E-state index is 10.3. The van der Waals surface area contributed by atoms with E-state index in [-0.39, 0.29) is 6.10 Å². The Kier molecular flexibility index (Phi) is 6.73. The molecule has 1 aromatic heterocycles. The van der Waals surface area contributed by atoms with Crippen LogP contribution in [0.1, 0.15) is 56.4 Å². The number of hydrogen-bond donors (Lipinski definition) is 1. The van der Waals surface area contributed by atoms with Gasteiger partial charge in [0.1, 0.15) is 0 Å². The van der Waals surface area contributed by atoms with Crippen LogP contribution in [0, 0.1) is 11.8 Å². The fourth-order valence-electron chi connectivity index (χ4n) is 4.18. The van der Waals surface area contributed by atoms with E-state index < -0.39 is 0 Å². The molecular weight excluding hydrogens is 316 g/mol. The van der Waals surface area contributed by atoms with Crippen molar-refractivity contribution in [1.29, 1.82) is 0 Å². The first kappa shape index (κ1) is 18.4. The molecule has 0 aromatic carbocycles. The third kappa shape index (κ3) is 5.29. The molecule has 3 nitrogen and oxygen atoms in total. The Balaban J connectivity index is 1.42. The van der Waals surface area contributed by atoms with Gasteiger partial charge in [0.25, 0.3) is 0 Å². The number of piperidine rings is 1. The molecule has 2 aliphatic rings. The largest absolute Gasteiger partial charge is 0.393 e. The molecule has 0 aliphatic carbocycles. The van der Waals surface area contributed by atoms with Crippen molar-refractivity contribution in [2.75, 3.05) is 26.2 Å². The molecule has 2 fully saturated rings. The normalized spacial score (nSPS) is 22.5. The standard InChI is InChI=1S/C20H34N2OS/c1-16(2)11-20(23)18-5-9-22(10-6-18)14-19-12-17(15-24-19)13-21-7-3-4-8-21/h12,15-16,18,20,23H,3-11,13-14H2,1-2H3. The molecule has 1 aromatic rings. The number of rotatable bonds is 7. The molecule has 1 N–H and O–H groups in total. The summed E-state index contributed by atoms with van der Waals surface area (Å²) >= 11 is 1.92. The third-order valence-corrected chi connectivity index (χ3v) is 6.55. The molecule has 2 aliphatic heterocycles. The van der Waals surface area contributed by atoms with Gasteiger partial charge in [0.05, 0.1) is 6.10 Å². The Morgan fingerprint density at radius 2 is 1.75 bits per heavy atom. The fourth-order valence-corrected chi connectivity index (χ4v) is 5.10. The van der Waals surface area contributed by atoms with Crippen molar-refractivity contribution < 1.29 is 5.11 Å². The van der Waals surface area contributed by atoms with Gasteiger partial charge in [-0.15, -0.1) is 11.3 Å². The summed E-state index contributed by atoms with van der Waals surface area (Å²) in [5.41, 5.74) is 1.50. The molecule has 0 bridgehead atoms. The Labute approximate surface area is 151 Å². The van der Waals surface area contributed by atoms with Crippen molar-refractivity contribution in [3.8, 4) is 0 Å². The molecule has 0 saturated carbocycles. The van der Waals surface area contributed by atoms with Gasteiger partial charge < -0.3 is 5.11 Å². The minimum absolute atomic E-state index is 0.0963. The zero-order valence-electron chi connectivity index (χ0n) is 15.4. The summed E-state index contributed by atoms with van der Waals surface area (Å²) in [6, 6.07) is 2.42. The lowest BCUT2D eigenvalue weighted by molar-refractivity contribution is 0.0439. The lowest BCUT2D eigenvalue weighted by Gasteiger charge is -2.34. The minimum atomic E-state index is -0.0963. The second-order valence-corrected chi connectivity index (χ2v) is 9.21. The third-order valence-electron chi connectivity index (χ3n) is 5.58. The highest BCUT2D eigenvalue weighted by Crippen LogP contribution is 2.27. The van der Waals surface area contributed by atoms with Gasteiger partial charge in [-0.3, -0.25) is 9.80 Å². The van der Waals surface area contributed by atoms with Crippen LogP contribution in [0.15, 0.2) is 11.4 Å². The van der Waals surface area contributed by atoms with Crippen molar-refractivity contribution in [3.05, 3.63) is 21.9 Å². The zero-order chi connectivity index (χ0) is 16.9. The highest BCUT2D eigenvalue weighted by Gasteiger charge is 2.25. The van der Waals surface area contributed by atoms with Crippen LogP contribution in [0.5, 0.6) is 0 Å². The Morgan fingerprint density at radius 1 is 1.08 bits per heavy atom. The Bertz CT molecular complexity index is 488. The van der Waals surface area contributed by atoms with Crippen LogP contribution < -0.4 is 0 Å². The second kappa shape index (κ2) is 8.79. The fraction of sp³-hybridized carbons (Fsp3) is 0.800. The van der Waals surface area contributed by atoms with Crippen LogP contribution in [-0.4, -0.2) is 47.2 Å². The first-order chi connectivity index (χ1) is 11.6. The van der Waals surface area contributed by atoms with Gasteiger partial charge in [-0.25, -0.2) is 0 Å². The predicted molar refractivity (Wildman–Crippen MR) is 102 cm³/mol. The second-order valence-electron chi connectivity index (χ2n) is 8.21. The van der Waals surface area contributed by atoms with Crippen LogP contribution in [-0.2, 0) is 13.1 Å². The van der Waals surface area contributed by atoms with E-state index in [0.29, 0.717) is 11.8 Å². The van der Waals surface area contributed by atoms with Gasteiger partial charge in [0, 0.05) is 18.0 Å². The lowest BCUT2D eigenvalue weighted by atomic mass is 9.87. The molecule has 24 heavy (non-hydrogen) atoms. The van der Waals surface area contributed by atoms with Crippen LogP contribution in [0.2, 0.25) is 0 Å². The summed E-state index contributed by atoms with van der Waals surface area (Å²) in [4.78, 5) is 6.66. The topological polar surface area (TPSA) is 26.7 Å².